The minimum atomic E-state index is -0.239. The van der Waals surface area contributed by atoms with E-state index in [0.717, 1.165) is 16.5 Å². The Balaban J connectivity index is 1.74. The first kappa shape index (κ1) is 26.7. The zero-order valence-corrected chi connectivity index (χ0v) is 23.3. The van der Waals surface area contributed by atoms with Crippen molar-refractivity contribution in [2.75, 3.05) is 14.2 Å². The molecule has 9 heteroatoms. The third kappa shape index (κ3) is 5.81. The third-order valence-corrected chi connectivity index (χ3v) is 6.88. The van der Waals surface area contributed by atoms with Crippen LogP contribution in [-0.2, 0) is 6.61 Å². The van der Waals surface area contributed by atoms with E-state index in [-0.39, 0.29) is 18.1 Å². The van der Waals surface area contributed by atoms with Gasteiger partial charge in [-0.1, -0.05) is 59.6 Å². The van der Waals surface area contributed by atoms with Crippen molar-refractivity contribution in [3.63, 3.8) is 0 Å². The lowest BCUT2D eigenvalue weighted by Crippen LogP contribution is -2.23. The lowest BCUT2D eigenvalue weighted by atomic mass is 10.1. The van der Waals surface area contributed by atoms with Crippen molar-refractivity contribution in [1.29, 1.82) is 0 Å². The molecule has 37 heavy (non-hydrogen) atoms. The van der Waals surface area contributed by atoms with Gasteiger partial charge in [0.05, 0.1) is 31.3 Å². The molecule has 192 valence electrons. The average Bonchev–Trinajstić information content (AvgIpc) is 2.91. The molecular formula is C28H27BrClN3O4. The van der Waals surface area contributed by atoms with Gasteiger partial charge >= 0.3 is 0 Å². The predicted octanol–water partition coefficient (Wildman–Crippen LogP) is 6.80. The van der Waals surface area contributed by atoms with Gasteiger partial charge in [-0.25, -0.2) is 4.98 Å². The third-order valence-electron chi connectivity index (χ3n) is 6.02. The fourth-order valence-corrected chi connectivity index (χ4v) is 4.34. The minimum absolute atomic E-state index is 0.0301. The van der Waals surface area contributed by atoms with E-state index >= 15 is 0 Å². The number of hydrogen-bond acceptors (Lipinski definition) is 6. The van der Waals surface area contributed by atoms with Crippen LogP contribution in [0, 0.1) is 0 Å². The number of ether oxygens (including phenoxy) is 3. The predicted molar refractivity (Wildman–Crippen MR) is 151 cm³/mol. The molecule has 4 rings (SSSR count). The van der Waals surface area contributed by atoms with Gasteiger partial charge in [0.2, 0.25) is 5.75 Å². The van der Waals surface area contributed by atoms with Crippen molar-refractivity contribution in [3.05, 3.63) is 91.4 Å². The van der Waals surface area contributed by atoms with Gasteiger partial charge < -0.3 is 14.2 Å². The number of aromatic nitrogens is 2. The molecule has 0 radical (unpaired) electrons. The number of rotatable bonds is 9. The Morgan fingerprint density at radius 2 is 1.81 bits per heavy atom. The molecule has 0 N–H and O–H groups in total. The lowest BCUT2D eigenvalue weighted by Gasteiger charge is -2.16. The van der Waals surface area contributed by atoms with E-state index in [1.54, 1.807) is 38.6 Å². The van der Waals surface area contributed by atoms with Crippen LogP contribution in [0.3, 0.4) is 0 Å². The van der Waals surface area contributed by atoms with Gasteiger partial charge in [-0.05, 0) is 42.8 Å². The summed E-state index contributed by atoms with van der Waals surface area (Å²) in [5.74, 6) is 1.99. The molecular weight excluding hydrogens is 558 g/mol. The molecule has 0 amide bonds. The number of hydrogen-bond donors (Lipinski definition) is 0. The van der Waals surface area contributed by atoms with Crippen LogP contribution in [0.4, 0.5) is 0 Å². The van der Waals surface area contributed by atoms with Gasteiger partial charge in [0, 0.05) is 26.5 Å². The van der Waals surface area contributed by atoms with Crippen molar-refractivity contribution in [3.8, 4) is 17.2 Å². The second-order valence-electron chi connectivity index (χ2n) is 8.44. The quantitative estimate of drug-likeness (QED) is 0.202. The number of nitrogens with zero attached hydrogens (tertiary/aromatic N) is 3. The highest BCUT2D eigenvalue weighted by atomic mass is 79.9. The van der Waals surface area contributed by atoms with Gasteiger partial charge in [-0.2, -0.15) is 9.78 Å². The molecule has 7 nitrogen and oxygen atoms in total. The molecule has 1 heterocycles. The standard InChI is InChI=1S/C28H27BrClN3O4/c1-5-17(2)27-32-23-11-10-20(29)14-21(23)28(34)33(27)31-15-18-12-24(35-3)26(25(13-18)36-4)37-16-19-8-6-7-9-22(19)30/h6-15,17H,5,16H2,1-4H3/t17-/m1/s1. The SMILES string of the molecule is CC[C@@H](C)c1nc2ccc(Br)cc2c(=O)n1N=Cc1cc(OC)c(OCc2ccccc2Cl)c(OC)c1. The summed E-state index contributed by atoms with van der Waals surface area (Å²) in [7, 11) is 3.10. The molecule has 0 unspecified atom stereocenters. The molecule has 3 aromatic carbocycles. The van der Waals surface area contributed by atoms with Crippen molar-refractivity contribution in [2.45, 2.75) is 32.8 Å². The van der Waals surface area contributed by atoms with Crippen molar-refractivity contribution < 1.29 is 14.2 Å². The molecule has 1 atom stereocenters. The van der Waals surface area contributed by atoms with Crippen LogP contribution < -0.4 is 19.8 Å². The van der Waals surface area contributed by atoms with Crippen LogP contribution in [0.1, 0.15) is 43.1 Å². The molecule has 1 aromatic heterocycles. The van der Waals surface area contributed by atoms with Gasteiger partial charge in [-0.3, -0.25) is 4.79 Å². The van der Waals surface area contributed by atoms with E-state index in [1.807, 2.05) is 50.2 Å². The summed E-state index contributed by atoms with van der Waals surface area (Å²) in [6.07, 6.45) is 2.39. The first-order chi connectivity index (χ1) is 17.9. The monoisotopic (exact) mass is 583 g/mol. The Bertz CT molecular complexity index is 1490. The topological polar surface area (TPSA) is 74.9 Å². The van der Waals surface area contributed by atoms with Gasteiger partial charge in [0.25, 0.3) is 5.56 Å². The van der Waals surface area contributed by atoms with Crippen LogP contribution in [0.25, 0.3) is 10.9 Å². The molecule has 0 aliphatic rings. The first-order valence-electron chi connectivity index (χ1n) is 11.7. The van der Waals surface area contributed by atoms with E-state index in [1.165, 1.54) is 4.68 Å². The Hall–Kier alpha value is -3.36. The molecule has 0 saturated heterocycles. The van der Waals surface area contributed by atoms with Crippen molar-refractivity contribution in [2.24, 2.45) is 5.10 Å². The number of fused-ring (bicyclic) bond motifs is 1. The summed E-state index contributed by atoms with van der Waals surface area (Å²) in [6, 6.07) is 16.5. The summed E-state index contributed by atoms with van der Waals surface area (Å²) in [4.78, 5) is 18.1. The Morgan fingerprint density at radius 1 is 1.11 bits per heavy atom. The van der Waals surface area contributed by atoms with E-state index in [2.05, 4.69) is 21.0 Å². The molecule has 0 aliphatic carbocycles. The molecule has 0 bridgehead atoms. The van der Waals surface area contributed by atoms with Crippen molar-refractivity contribution in [1.82, 2.24) is 9.66 Å². The zero-order valence-electron chi connectivity index (χ0n) is 21.0. The fourth-order valence-electron chi connectivity index (χ4n) is 3.79. The molecule has 0 spiro atoms. The van der Waals surface area contributed by atoms with E-state index in [9.17, 15) is 4.79 Å². The maximum absolute atomic E-state index is 13.4. The molecule has 4 aromatic rings. The summed E-state index contributed by atoms with van der Waals surface area (Å²) in [6.45, 7) is 4.31. The van der Waals surface area contributed by atoms with E-state index in [4.69, 9.17) is 30.8 Å². The zero-order chi connectivity index (χ0) is 26.5. The van der Waals surface area contributed by atoms with Crippen LogP contribution in [0.5, 0.6) is 17.2 Å². The molecule has 0 aliphatic heterocycles. The first-order valence-corrected chi connectivity index (χ1v) is 12.9. The highest BCUT2D eigenvalue weighted by molar-refractivity contribution is 9.10. The second kappa shape index (κ2) is 11.8. The Kier molecular flexibility index (Phi) is 8.51. The fraction of sp³-hybridized carbons (Fsp3) is 0.250. The number of methoxy groups -OCH3 is 2. The second-order valence-corrected chi connectivity index (χ2v) is 9.76. The minimum Gasteiger partial charge on any atom is -0.493 e. The smallest absolute Gasteiger partial charge is 0.282 e. The van der Waals surface area contributed by atoms with Crippen LogP contribution in [0.2, 0.25) is 5.02 Å². The number of benzene rings is 3. The maximum atomic E-state index is 13.4. The Morgan fingerprint density at radius 3 is 2.46 bits per heavy atom. The lowest BCUT2D eigenvalue weighted by molar-refractivity contribution is 0.266. The van der Waals surface area contributed by atoms with E-state index < -0.39 is 0 Å². The van der Waals surface area contributed by atoms with Crippen LogP contribution in [0.15, 0.2) is 69.0 Å². The van der Waals surface area contributed by atoms with Gasteiger partial charge in [0.15, 0.2) is 11.5 Å². The normalized spacial score (nSPS) is 12.2. The largest absolute Gasteiger partial charge is 0.493 e. The summed E-state index contributed by atoms with van der Waals surface area (Å²) >= 11 is 9.71. The van der Waals surface area contributed by atoms with Crippen molar-refractivity contribution >= 4 is 44.6 Å². The van der Waals surface area contributed by atoms with Crippen LogP contribution >= 0.6 is 27.5 Å². The van der Waals surface area contributed by atoms with Gasteiger partial charge in [-0.15, -0.1) is 0 Å². The van der Waals surface area contributed by atoms with E-state index in [0.29, 0.717) is 44.6 Å². The van der Waals surface area contributed by atoms with Gasteiger partial charge in [0.1, 0.15) is 12.4 Å². The number of halogens is 2. The molecule has 0 fully saturated rings. The molecule has 0 saturated carbocycles. The maximum Gasteiger partial charge on any atom is 0.282 e. The highest BCUT2D eigenvalue weighted by Crippen LogP contribution is 2.39. The van der Waals surface area contributed by atoms with Crippen LogP contribution in [-0.4, -0.2) is 30.1 Å². The summed E-state index contributed by atoms with van der Waals surface area (Å²) < 4.78 is 19.4. The Labute approximate surface area is 228 Å². The summed E-state index contributed by atoms with van der Waals surface area (Å²) in [5.41, 5.74) is 1.90. The highest BCUT2D eigenvalue weighted by Gasteiger charge is 2.17. The average molecular weight is 585 g/mol. The summed E-state index contributed by atoms with van der Waals surface area (Å²) in [5, 5.41) is 5.64.